The third kappa shape index (κ3) is 1.86. The van der Waals surface area contributed by atoms with E-state index in [4.69, 9.17) is 4.74 Å². The van der Waals surface area contributed by atoms with Gasteiger partial charge in [0.2, 0.25) is 0 Å². The maximum Gasteiger partial charge on any atom is 0.275 e. The Labute approximate surface area is 148 Å². The van der Waals surface area contributed by atoms with Crippen molar-refractivity contribution in [2.24, 2.45) is 0 Å². The molecule has 128 valence electrons. The summed E-state index contributed by atoms with van der Waals surface area (Å²) in [6, 6.07) is 13.3. The highest BCUT2D eigenvalue weighted by molar-refractivity contribution is 6.37. The molecule has 1 aromatic heterocycles. The Bertz CT molecular complexity index is 1110. The number of carbonyl (C=O) groups is 2. The fourth-order valence-electron chi connectivity index (χ4n) is 3.86. The summed E-state index contributed by atoms with van der Waals surface area (Å²) in [6.45, 7) is 0. The van der Waals surface area contributed by atoms with Crippen LogP contribution in [0.15, 0.2) is 54.4 Å². The van der Waals surface area contributed by atoms with Gasteiger partial charge in [0.05, 0.1) is 18.7 Å². The molecule has 5 rings (SSSR count). The predicted molar refractivity (Wildman–Crippen MR) is 96.3 cm³/mol. The molecule has 2 aliphatic rings. The Morgan fingerprint density at radius 2 is 1.81 bits per heavy atom. The van der Waals surface area contributed by atoms with Gasteiger partial charge in [0.1, 0.15) is 11.4 Å². The zero-order valence-corrected chi connectivity index (χ0v) is 13.9. The second-order valence-corrected chi connectivity index (χ2v) is 6.33. The summed E-state index contributed by atoms with van der Waals surface area (Å²) in [5, 5.41) is 6.58. The number of carbonyl (C=O) groups excluding carboxylic acids is 2. The van der Waals surface area contributed by atoms with E-state index in [0.29, 0.717) is 22.6 Å². The van der Waals surface area contributed by atoms with Gasteiger partial charge >= 0.3 is 0 Å². The number of methoxy groups -OCH3 is 1. The number of rotatable bonds is 2. The number of hydrogen-bond acceptors (Lipinski definition) is 4. The summed E-state index contributed by atoms with van der Waals surface area (Å²) in [5.74, 6) is -0.0957. The Morgan fingerprint density at radius 1 is 1.00 bits per heavy atom. The lowest BCUT2D eigenvalue weighted by Crippen LogP contribution is -2.30. The third-order valence-electron chi connectivity index (χ3n) is 4.98. The van der Waals surface area contributed by atoms with Crippen molar-refractivity contribution in [3.8, 4) is 5.75 Å². The Balaban J connectivity index is 1.90. The van der Waals surface area contributed by atoms with Crippen molar-refractivity contribution in [2.75, 3.05) is 7.11 Å². The van der Waals surface area contributed by atoms with E-state index >= 15 is 0 Å². The summed E-state index contributed by atoms with van der Waals surface area (Å²) >= 11 is 0. The van der Waals surface area contributed by atoms with E-state index < -0.39 is 5.91 Å². The van der Waals surface area contributed by atoms with Crippen LogP contribution < -0.4 is 15.4 Å². The second-order valence-electron chi connectivity index (χ2n) is 6.33. The number of aromatic nitrogens is 1. The number of benzene rings is 2. The minimum atomic E-state index is -0.410. The quantitative estimate of drug-likeness (QED) is 0.622. The summed E-state index contributed by atoms with van der Waals surface area (Å²) in [6.07, 6.45) is 1.77. The lowest BCUT2D eigenvalue weighted by Gasteiger charge is -2.22. The molecule has 3 heterocycles. The molecule has 0 saturated carbocycles. The van der Waals surface area contributed by atoms with Crippen LogP contribution in [0.5, 0.6) is 5.75 Å². The van der Waals surface area contributed by atoms with E-state index in [1.165, 1.54) is 0 Å². The van der Waals surface area contributed by atoms with E-state index in [-0.39, 0.29) is 11.9 Å². The molecule has 0 spiro atoms. The van der Waals surface area contributed by atoms with Gasteiger partial charge in [0.15, 0.2) is 0 Å². The van der Waals surface area contributed by atoms with Crippen molar-refractivity contribution >= 4 is 28.3 Å². The molecule has 6 heteroatoms. The number of nitrogens with one attached hydrogen (secondary N) is 3. The number of ether oxygens (including phenoxy) is 1. The fraction of sp³-hybridized carbons (Fsp3) is 0.100. The van der Waals surface area contributed by atoms with Gasteiger partial charge in [0, 0.05) is 28.2 Å². The molecule has 3 aromatic rings. The van der Waals surface area contributed by atoms with Gasteiger partial charge in [0.25, 0.3) is 11.8 Å². The number of aromatic amines is 1. The van der Waals surface area contributed by atoms with Crippen LogP contribution in [0.2, 0.25) is 0 Å². The number of imide groups is 1. The monoisotopic (exact) mass is 345 g/mol. The minimum Gasteiger partial charge on any atom is -0.496 e. The zero-order valence-electron chi connectivity index (χ0n) is 13.9. The topological polar surface area (TPSA) is 83.2 Å². The van der Waals surface area contributed by atoms with Gasteiger partial charge in [-0.3, -0.25) is 14.9 Å². The van der Waals surface area contributed by atoms with E-state index in [9.17, 15) is 9.59 Å². The number of fused-ring (bicyclic) bond motifs is 1. The van der Waals surface area contributed by atoms with Crippen molar-refractivity contribution in [2.45, 2.75) is 6.04 Å². The molecule has 2 aromatic carbocycles. The first-order valence-corrected chi connectivity index (χ1v) is 8.29. The van der Waals surface area contributed by atoms with Crippen LogP contribution in [0.4, 0.5) is 0 Å². The van der Waals surface area contributed by atoms with Crippen molar-refractivity contribution in [1.29, 1.82) is 0 Å². The van der Waals surface area contributed by atoms with Gasteiger partial charge in [-0.25, -0.2) is 0 Å². The van der Waals surface area contributed by atoms with Crippen LogP contribution in [-0.2, 0) is 9.59 Å². The maximum atomic E-state index is 12.4. The largest absolute Gasteiger partial charge is 0.496 e. The average Bonchev–Trinajstić information content (AvgIpc) is 3.14. The Hall–Kier alpha value is -3.54. The molecule has 3 N–H and O–H groups in total. The molecular formula is C20H15N3O3. The molecule has 2 amide bonds. The van der Waals surface area contributed by atoms with Gasteiger partial charge in [-0.15, -0.1) is 0 Å². The first-order valence-electron chi connectivity index (χ1n) is 8.29. The highest BCUT2D eigenvalue weighted by Crippen LogP contribution is 2.43. The van der Waals surface area contributed by atoms with Crippen LogP contribution in [0, 0.1) is 0 Å². The molecule has 6 nitrogen and oxygen atoms in total. The summed E-state index contributed by atoms with van der Waals surface area (Å²) in [4.78, 5) is 28.1. The van der Waals surface area contributed by atoms with E-state index in [1.54, 1.807) is 13.3 Å². The predicted octanol–water partition coefficient (Wildman–Crippen LogP) is 2.24. The average molecular weight is 345 g/mol. The van der Waals surface area contributed by atoms with E-state index in [2.05, 4.69) is 15.6 Å². The Kier molecular flexibility index (Phi) is 2.97. The number of hydrogen-bond donors (Lipinski definition) is 3. The number of H-pyrrole nitrogens is 1. The third-order valence-corrected chi connectivity index (χ3v) is 4.98. The van der Waals surface area contributed by atoms with Crippen LogP contribution >= 0.6 is 0 Å². The smallest absolute Gasteiger partial charge is 0.275 e. The molecule has 0 fully saturated rings. The molecule has 26 heavy (non-hydrogen) atoms. The molecule has 0 radical (unpaired) electrons. The highest BCUT2D eigenvalue weighted by atomic mass is 16.5. The van der Waals surface area contributed by atoms with Crippen molar-refractivity contribution < 1.29 is 14.3 Å². The van der Waals surface area contributed by atoms with Gasteiger partial charge in [-0.1, -0.05) is 30.3 Å². The fourth-order valence-corrected chi connectivity index (χ4v) is 3.86. The van der Waals surface area contributed by atoms with E-state index in [1.807, 2.05) is 42.5 Å². The van der Waals surface area contributed by atoms with Crippen molar-refractivity contribution in [3.63, 3.8) is 0 Å². The summed E-state index contributed by atoms with van der Waals surface area (Å²) in [7, 11) is 1.62. The van der Waals surface area contributed by atoms with Crippen LogP contribution in [-0.4, -0.2) is 23.9 Å². The maximum absolute atomic E-state index is 12.4. The lowest BCUT2D eigenvalue weighted by molar-refractivity contribution is -0.123. The minimum absolute atomic E-state index is 0.294. The first kappa shape index (κ1) is 14.8. The van der Waals surface area contributed by atoms with Gasteiger partial charge in [-0.05, 0) is 17.7 Å². The summed E-state index contributed by atoms with van der Waals surface area (Å²) in [5.41, 5.74) is 4.14. The molecule has 2 aliphatic heterocycles. The SMILES string of the molecule is COc1ccc2[nH]cc3c2c1C(c1ccccc1)NC1=C3C(=O)NC1=O. The first-order chi connectivity index (χ1) is 12.7. The second kappa shape index (κ2) is 5.23. The Morgan fingerprint density at radius 3 is 2.58 bits per heavy atom. The van der Waals surface area contributed by atoms with Crippen LogP contribution in [0.1, 0.15) is 22.7 Å². The van der Waals surface area contributed by atoms with E-state index in [0.717, 1.165) is 22.0 Å². The van der Waals surface area contributed by atoms with Crippen molar-refractivity contribution in [1.82, 2.24) is 15.6 Å². The molecular weight excluding hydrogens is 330 g/mol. The molecule has 0 saturated heterocycles. The van der Waals surface area contributed by atoms with Crippen LogP contribution in [0.3, 0.4) is 0 Å². The number of amides is 2. The summed E-state index contributed by atoms with van der Waals surface area (Å²) < 4.78 is 5.63. The molecule has 0 aliphatic carbocycles. The normalized spacial score (nSPS) is 18.4. The van der Waals surface area contributed by atoms with Crippen molar-refractivity contribution in [3.05, 3.63) is 71.0 Å². The van der Waals surface area contributed by atoms with Gasteiger partial charge in [-0.2, -0.15) is 0 Å². The standard InChI is InChI=1S/C20H15N3O3/c1-26-13-8-7-12-14-11(9-21-12)15-18(20(25)23-19(15)24)22-17(16(13)14)10-5-3-2-4-6-10/h2-9,17,21-22H,1H3,(H,23,24,25). The molecule has 0 bridgehead atoms. The zero-order chi connectivity index (χ0) is 17.8. The highest BCUT2D eigenvalue weighted by Gasteiger charge is 2.38. The molecule has 1 unspecified atom stereocenters. The van der Waals surface area contributed by atoms with Gasteiger partial charge < -0.3 is 15.0 Å². The van der Waals surface area contributed by atoms with Crippen LogP contribution in [0.25, 0.3) is 16.5 Å². The lowest BCUT2D eigenvalue weighted by atomic mass is 9.93. The molecule has 1 atom stereocenters.